The molecule has 1 heterocycles. The molecule has 0 saturated carbocycles. The fourth-order valence-corrected chi connectivity index (χ4v) is 3.74. The van der Waals surface area contributed by atoms with Gasteiger partial charge in [0.25, 0.3) is 0 Å². The van der Waals surface area contributed by atoms with Crippen molar-refractivity contribution in [2.45, 2.75) is 24.8 Å². The Kier molecular flexibility index (Phi) is 5.03. The molecule has 1 atom stereocenters. The topological polar surface area (TPSA) is 85.1 Å². The molecule has 0 spiro atoms. The van der Waals surface area contributed by atoms with Crippen LogP contribution in [0.25, 0.3) is 11.4 Å². The first kappa shape index (κ1) is 17.8. The molecule has 0 aliphatic rings. The number of hydrogen-bond donors (Lipinski definition) is 1. The molecule has 0 aliphatic carbocycles. The Morgan fingerprint density at radius 2 is 1.88 bits per heavy atom. The second-order valence-corrected chi connectivity index (χ2v) is 8.25. The van der Waals surface area contributed by atoms with Crippen LogP contribution in [0.5, 0.6) is 0 Å². The van der Waals surface area contributed by atoms with E-state index >= 15 is 0 Å². The molecule has 0 amide bonds. The first-order chi connectivity index (χ1) is 11.8. The van der Waals surface area contributed by atoms with Gasteiger partial charge in [0.15, 0.2) is 0 Å². The van der Waals surface area contributed by atoms with Crippen LogP contribution in [0.4, 0.5) is 0 Å². The van der Waals surface area contributed by atoms with Gasteiger partial charge in [-0.25, -0.2) is 8.42 Å². The maximum atomic E-state index is 12.4. The molecular formula is C17H16BrN3O3S. The number of hydrogen-bond acceptors (Lipinski definition) is 5. The second kappa shape index (κ2) is 7.07. The van der Waals surface area contributed by atoms with Gasteiger partial charge < -0.3 is 4.52 Å². The summed E-state index contributed by atoms with van der Waals surface area (Å²) < 4.78 is 33.4. The minimum absolute atomic E-state index is 0.168. The number of sulfonamides is 1. The molecule has 130 valence electrons. The molecule has 0 saturated heterocycles. The standard InChI is InChI=1S/C17H16BrN3O3S/c1-11-4-3-5-13(10-11)16-19-17(24-20-16)12(2)21-25(22,23)15-8-6-14(18)7-9-15/h3-10,12,21H,1-2H3/t12-/m1/s1. The van der Waals surface area contributed by atoms with Crippen LogP contribution >= 0.6 is 15.9 Å². The number of nitrogens with one attached hydrogen (secondary N) is 1. The Morgan fingerprint density at radius 1 is 1.16 bits per heavy atom. The lowest BCUT2D eigenvalue weighted by Gasteiger charge is -2.10. The molecular weight excluding hydrogens is 406 g/mol. The number of benzene rings is 2. The number of rotatable bonds is 5. The van der Waals surface area contributed by atoms with Crippen molar-refractivity contribution in [2.24, 2.45) is 0 Å². The Bertz CT molecular complexity index is 984. The van der Waals surface area contributed by atoms with Gasteiger partial charge in [0.1, 0.15) is 0 Å². The van der Waals surface area contributed by atoms with Crippen LogP contribution in [0.15, 0.2) is 62.4 Å². The highest BCUT2D eigenvalue weighted by Crippen LogP contribution is 2.21. The number of aromatic nitrogens is 2. The van der Waals surface area contributed by atoms with E-state index in [1.807, 2.05) is 31.2 Å². The Balaban J connectivity index is 1.80. The summed E-state index contributed by atoms with van der Waals surface area (Å²) in [5, 5.41) is 3.94. The zero-order valence-electron chi connectivity index (χ0n) is 13.6. The lowest BCUT2D eigenvalue weighted by atomic mass is 10.1. The predicted octanol–water partition coefficient (Wildman–Crippen LogP) is 3.85. The maximum Gasteiger partial charge on any atom is 0.244 e. The van der Waals surface area contributed by atoms with E-state index in [-0.39, 0.29) is 10.8 Å². The van der Waals surface area contributed by atoms with Crippen LogP contribution in [0, 0.1) is 6.92 Å². The quantitative estimate of drug-likeness (QED) is 0.675. The van der Waals surface area contributed by atoms with Gasteiger partial charge in [-0.05, 0) is 44.2 Å². The maximum absolute atomic E-state index is 12.4. The summed E-state index contributed by atoms with van der Waals surface area (Å²) in [6, 6.07) is 13.4. The monoisotopic (exact) mass is 421 g/mol. The van der Waals surface area contributed by atoms with E-state index in [4.69, 9.17) is 4.52 Å². The van der Waals surface area contributed by atoms with Crippen molar-refractivity contribution in [1.82, 2.24) is 14.9 Å². The van der Waals surface area contributed by atoms with Crippen molar-refractivity contribution in [3.63, 3.8) is 0 Å². The van der Waals surface area contributed by atoms with E-state index in [0.29, 0.717) is 5.82 Å². The van der Waals surface area contributed by atoms with Crippen LogP contribution in [-0.4, -0.2) is 18.6 Å². The minimum Gasteiger partial charge on any atom is -0.337 e. The van der Waals surface area contributed by atoms with Gasteiger partial charge >= 0.3 is 0 Å². The van der Waals surface area contributed by atoms with Gasteiger partial charge in [0.05, 0.1) is 10.9 Å². The first-order valence-electron chi connectivity index (χ1n) is 7.54. The van der Waals surface area contributed by atoms with Crippen LogP contribution in [-0.2, 0) is 10.0 Å². The molecule has 0 fully saturated rings. The fraction of sp³-hybridized carbons (Fsp3) is 0.176. The third-order valence-electron chi connectivity index (χ3n) is 3.54. The third-order valence-corrected chi connectivity index (χ3v) is 5.63. The van der Waals surface area contributed by atoms with E-state index < -0.39 is 16.1 Å². The Hall–Kier alpha value is -2.03. The van der Waals surface area contributed by atoms with Gasteiger partial charge in [-0.1, -0.05) is 44.8 Å². The van der Waals surface area contributed by atoms with Crippen LogP contribution in [0.1, 0.15) is 24.4 Å². The SMILES string of the molecule is Cc1cccc(-c2noc([C@@H](C)NS(=O)(=O)c3ccc(Br)cc3)n2)c1. The van der Waals surface area contributed by atoms with Crippen molar-refractivity contribution in [2.75, 3.05) is 0 Å². The summed E-state index contributed by atoms with van der Waals surface area (Å²) in [6.07, 6.45) is 0. The molecule has 1 aromatic heterocycles. The summed E-state index contributed by atoms with van der Waals surface area (Å²) >= 11 is 3.28. The molecule has 3 rings (SSSR count). The molecule has 3 aromatic rings. The zero-order valence-corrected chi connectivity index (χ0v) is 16.0. The van der Waals surface area contributed by atoms with Crippen molar-refractivity contribution < 1.29 is 12.9 Å². The van der Waals surface area contributed by atoms with Gasteiger partial charge in [-0.2, -0.15) is 9.71 Å². The highest BCUT2D eigenvalue weighted by Gasteiger charge is 2.22. The predicted molar refractivity (Wildman–Crippen MR) is 97.3 cm³/mol. The molecule has 0 unspecified atom stereocenters. The Morgan fingerprint density at radius 3 is 2.56 bits per heavy atom. The van der Waals surface area contributed by atoms with Crippen molar-refractivity contribution in [3.8, 4) is 11.4 Å². The second-order valence-electron chi connectivity index (χ2n) is 5.62. The van der Waals surface area contributed by atoms with Gasteiger partial charge in [-0.15, -0.1) is 0 Å². The van der Waals surface area contributed by atoms with Gasteiger partial charge in [0, 0.05) is 10.0 Å². The van der Waals surface area contributed by atoms with Gasteiger partial charge in [-0.3, -0.25) is 0 Å². The summed E-state index contributed by atoms with van der Waals surface area (Å²) in [6.45, 7) is 3.63. The van der Waals surface area contributed by atoms with E-state index in [0.717, 1.165) is 15.6 Å². The van der Waals surface area contributed by atoms with Crippen molar-refractivity contribution in [3.05, 3.63) is 64.5 Å². The summed E-state index contributed by atoms with van der Waals surface area (Å²) in [7, 11) is -3.69. The third kappa shape index (κ3) is 4.15. The molecule has 6 nitrogen and oxygen atoms in total. The highest BCUT2D eigenvalue weighted by atomic mass is 79.9. The molecule has 1 N–H and O–H groups in total. The molecule has 2 aromatic carbocycles. The van der Waals surface area contributed by atoms with Crippen LogP contribution in [0.3, 0.4) is 0 Å². The lowest BCUT2D eigenvalue weighted by molar-refractivity contribution is 0.354. The molecule has 25 heavy (non-hydrogen) atoms. The van der Waals surface area contributed by atoms with E-state index in [2.05, 4.69) is 30.8 Å². The van der Waals surface area contributed by atoms with E-state index in [9.17, 15) is 8.42 Å². The first-order valence-corrected chi connectivity index (χ1v) is 9.81. The summed E-state index contributed by atoms with van der Waals surface area (Å²) in [5.41, 5.74) is 1.89. The Labute approximate surface area is 154 Å². The molecule has 0 aliphatic heterocycles. The van der Waals surface area contributed by atoms with Crippen molar-refractivity contribution in [1.29, 1.82) is 0 Å². The van der Waals surface area contributed by atoms with Crippen molar-refractivity contribution >= 4 is 26.0 Å². The summed E-state index contributed by atoms with van der Waals surface area (Å²) in [5.74, 6) is 0.630. The average Bonchev–Trinajstić information content (AvgIpc) is 3.05. The average molecular weight is 422 g/mol. The molecule has 0 bridgehead atoms. The van der Waals surface area contributed by atoms with E-state index in [1.165, 1.54) is 12.1 Å². The smallest absolute Gasteiger partial charge is 0.244 e. The van der Waals surface area contributed by atoms with Crippen LogP contribution < -0.4 is 4.72 Å². The normalized spacial score (nSPS) is 12.9. The van der Waals surface area contributed by atoms with Gasteiger partial charge in [0.2, 0.25) is 21.7 Å². The summed E-state index contributed by atoms with van der Waals surface area (Å²) in [4.78, 5) is 4.47. The molecule has 0 radical (unpaired) electrons. The minimum atomic E-state index is -3.69. The van der Waals surface area contributed by atoms with Crippen LogP contribution in [0.2, 0.25) is 0 Å². The highest BCUT2D eigenvalue weighted by molar-refractivity contribution is 9.10. The lowest BCUT2D eigenvalue weighted by Crippen LogP contribution is -2.27. The fourth-order valence-electron chi connectivity index (χ4n) is 2.28. The number of nitrogens with zero attached hydrogens (tertiary/aromatic N) is 2. The zero-order chi connectivity index (χ0) is 18.0. The number of halogens is 1. The largest absolute Gasteiger partial charge is 0.337 e. The molecule has 8 heteroatoms. The van der Waals surface area contributed by atoms with E-state index in [1.54, 1.807) is 19.1 Å². The number of aryl methyl sites for hydroxylation is 1.